The van der Waals surface area contributed by atoms with Crippen LogP contribution in [0.4, 0.5) is 4.79 Å². The van der Waals surface area contributed by atoms with Crippen molar-refractivity contribution in [1.82, 2.24) is 0 Å². The first-order chi connectivity index (χ1) is 7.93. The number of carbonyl (C=O) groups excluding carboxylic acids is 3. The van der Waals surface area contributed by atoms with Crippen LogP contribution in [0, 0.1) is 0 Å². The van der Waals surface area contributed by atoms with Gasteiger partial charge in [-0.1, -0.05) is 6.58 Å². The quantitative estimate of drug-likeness (QED) is 0.225. The van der Waals surface area contributed by atoms with Crippen LogP contribution in [0.25, 0.3) is 0 Å². The minimum Gasteiger partial charge on any atom is -0.459 e. The van der Waals surface area contributed by atoms with Gasteiger partial charge in [-0.25, -0.2) is 9.59 Å². The van der Waals surface area contributed by atoms with E-state index in [-0.39, 0.29) is 18.8 Å². The van der Waals surface area contributed by atoms with E-state index in [1.54, 1.807) is 0 Å². The van der Waals surface area contributed by atoms with Gasteiger partial charge in [-0.15, -0.1) is 0 Å². The van der Waals surface area contributed by atoms with E-state index < -0.39 is 24.9 Å². The summed E-state index contributed by atoms with van der Waals surface area (Å²) >= 11 is 0. The molecule has 7 heteroatoms. The van der Waals surface area contributed by atoms with Crippen LogP contribution in [0.2, 0.25) is 0 Å². The van der Waals surface area contributed by atoms with Crippen LogP contribution in [-0.4, -0.2) is 38.1 Å². The molecule has 96 valence electrons. The Morgan fingerprint density at radius 2 is 1.53 bits per heavy atom. The fourth-order valence-electron chi connectivity index (χ4n) is 0.585. The first-order valence-corrected chi connectivity index (χ1v) is 4.69. The molecule has 0 bridgehead atoms. The number of esters is 2. The lowest BCUT2D eigenvalue weighted by atomic mass is 10.4. The fourth-order valence-corrected chi connectivity index (χ4v) is 0.585. The van der Waals surface area contributed by atoms with Crippen LogP contribution < -0.4 is 0 Å². The lowest BCUT2D eigenvalue weighted by Crippen LogP contribution is -2.16. The van der Waals surface area contributed by atoms with E-state index in [1.807, 2.05) is 0 Å². The van der Waals surface area contributed by atoms with Gasteiger partial charge < -0.3 is 18.9 Å². The summed E-state index contributed by atoms with van der Waals surface area (Å²) in [6, 6.07) is 0. The van der Waals surface area contributed by atoms with Crippen LogP contribution in [0.5, 0.6) is 0 Å². The summed E-state index contributed by atoms with van der Waals surface area (Å²) in [7, 11) is 0. The second kappa shape index (κ2) is 8.14. The third-order valence-electron chi connectivity index (χ3n) is 1.32. The summed E-state index contributed by atoms with van der Waals surface area (Å²) in [6.07, 6.45) is -1.02. The van der Waals surface area contributed by atoms with Gasteiger partial charge in [0.05, 0.1) is 0 Å². The molecule has 0 N–H and O–H groups in total. The standard InChI is InChI=1S/C10H14O7/c1-7(2)9(12)14-4-5-15-10(13)17-6-16-8(3)11/h1,4-6H2,2-3H3. The third-order valence-corrected chi connectivity index (χ3v) is 1.32. The van der Waals surface area contributed by atoms with Gasteiger partial charge in [-0.3, -0.25) is 4.79 Å². The molecule has 0 radical (unpaired) electrons. The number of ether oxygens (including phenoxy) is 4. The molecule has 0 aliphatic carbocycles. The average molecular weight is 246 g/mol. The van der Waals surface area contributed by atoms with Crippen LogP contribution in [0.3, 0.4) is 0 Å². The molecular weight excluding hydrogens is 232 g/mol. The number of rotatable bonds is 6. The second-order valence-corrected chi connectivity index (χ2v) is 2.91. The largest absolute Gasteiger partial charge is 0.511 e. The van der Waals surface area contributed by atoms with Gasteiger partial charge in [0.2, 0.25) is 6.79 Å². The first-order valence-electron chi connectivity index (χ1n) is 4.69. The molecule has 0 saturated carbocycles. The van der Waals surface area contributed by atoms with Crippen molar-refractivity contribution in [3.8, 4) is 0 Å². The maximum absolute atomic E-state index is 10.9. The summed E-state index contributed by atoms with van der Waals surface area (Å²) in [6.45, 7) is 5.27. The summed E-state index contributed by atoms with van der Waals surface area (Å²) in [5.74, 6) is -1.14. The molecule has 7 nitrogen and oxygen atoms in total. The summed E-state index contributed by atoms with van der Waals surface area (Å²) in [4.78, 5) is 32.0. The fraction of sp³-hybridized carbons (Fsp3) is 0.500. The third kappa shape index (κ3) is 8.91. The van der Waals surface area contributed by atoms with Crippen molar-refractivity contribution >= 4 is 18.1 Å². The smallest absolute Gasteiger partial charge is 0.459 e. The summed E-state index contributed by atoms with van der Waals surface area (Å²) < 4.78 is 17.8. The molecule has 0 aliphatic rings. The Labute approximate surface area is 98.3 Å². The van der Waals surface area contributed by atoms with Crippen molar-refractivity contribution < 1.29 is 33.3 Å². The van der Waals surface area contributed by atoms with Gasteiger partial charge >= 0.3 is 18.1 Å². The minimum atomic E-state index is -1.02. The lowest BCUT2D eigenvalue weighted by Gasteiger charge is -2.06. The topological polar surface area (TPSA) is 88.1 Å². The molecule has 0 spiro atoms. The lowest BCUT2D eigenvalue weighted by molar-refractivity contribution is -0.151. The van der Waals surface area contributed by atoms with E-state index in [0.717, 1.165) is 0 Å². The first kappa shape index (κ1) is 14.9. The Bertz CT molecular complexity index is 308. The highest BCUT2D eigenvalue weighted by molar-refractivity contribution is 5.86. The van der Waals surface area contributed by atoms with Gasteiger partial charge in [0.15, 0.2) is 0 Å². The van der Waals surface area contributed by atoms with E-state index >= 15 is 0 Å². The normalized spacial score (nSPS) is 9.06. The molecule has 0 aliphatic heterocycles. The molecule has 0 fully saturated rings. The van der Waals surface area contributed by atoms with E-state index in [9.17, 15) is 14.4 Å². The zero-order chi connectivity index (χ0) is 13.3. The van der Waals surface area contributed by atoms with Crippen LogP contribution in [0.15, 0.2) is 12.2 Å². The Hall–Kier alpha value is -2.05. The van der Waals surface area contributed by atoms with Crippen molar-refractivity contribution in [2.75, 3.05) is 20.0 Å². The minimum absolute atomic E-state index is 0.103. The highest BCUT2D eigenvalue weighted by atomic mass is 16.8. The Morgan fingerprint density at radius 1 is 0.941 bits per heavy atom. The molecule has 0 unspecified atom stereocenters. The predicted molar refractivity (Wildman–Crippen MR) is 54.8 cm³/mol. The molecule has 0 aromatic rings. The number of hydrogen-bond donors (Lipinski definition) is 0. The Morgan fingerprint density at radius 3 is 2.06 bits per heavy atom. The van der Waals surface area contributed by atoms with E-state index in [4.69, 9.17) is 0 Å². The van der Waals surface area contributed by atoms with Crippen LogP contribution >= 0.6 is 0 Å². The van der Waals surface area contributed by atoms with Crippen molar-refractivity contribution in [1.29, 1.82) is 0 Å². The molecule has 0 aromatic heterocycles. The molecule has 0 atom stereocenters. The maximum atomic E-state index is 10.9. The molecule has 0 amide bonds. The van der Waals surface area contributed by atoms with Gasteiger partial charge in [0, 0.05) is 12.5 Å². The Kier molecular flexibility index (Phi) is 7.16. The SMILES string of the molecule is C=C(C)C(=O)OCCOC(=O)OCOC(C)=O. The molecule has 0 rings (SSSR count). The van der Waals surface area contributed by atoms with Gasteiger partial charge in [-0.2, -0.15) is 0 Å². The van der Waals surface area contributed by atoms with E-state index in [0.29, 0.717) is 0 Å². The maximum Gasteiger partial charge on any atom is 0.511 e. The van der Waals surface area contributed by atoms with Crippen molar-refractivity contribution in [3.63, 3.8) is 0 Å². The summed E-state index contributed by atoms with van der Waals surface area (Å²) in [5, 5.41) is 0. The van der Waals surface area contributed by atoms with Crippen molar-refractivity contribution in [3.05, 3.63) is 12.2 Å². The highest BCUT2D eigenvalue weighted by Gasteiger charge is 2.06. The average Bonchev–Trinajstić information content (AvgIpc) is 2.23. The molecule has 0 heterocycles. The molecule has 17 heavy (non-hydrogen) atoms. The van der Waals surface area contributed by atoms with Gasteiger partial charge in [0.25, 0.3) is 0 Å². The van der Waals surface area contributed by atoms with Crippen LogP contribution in [0.1, 0.15) is 13.8 Å². The predicted octanol–water partition coefficient (Wildman–Crippen LogP) is 0.780. The molecule has 0 saturated heterocycles. The van der Waals surface area contributed by atoms with Crippen molar-refractivity contribution in [2.24, 2.45) is 0 Å². The second-order valence-electron chi connectivity index (χ2n) is 2.91. The summed E-state index contributed by atoms with van der Waals surface area (Å²) in [5.41, 5.74) is 0.252. The molecule has 0 aromatic carbocycles. The number of hydrogen-bond acceptors (Lipinski definition) is 7. The highest BCUT2D eigenvalue weighted by Crippen LogP contribution is 1.92. The zero-order valence-electron chi connectivity index (χ0n) is 9.69. The van der Waals surface area contributed by atoms with Crippen molar-refractivity contribution in [2.45, 2.75) is 13.8 Å². The molecular formula is C10H14O7. The zero-order valence-corrected chi connectivity index (χ0v) is 9.69. The van der Waals surface area contributed by atoms with Gasteiger partial charge in [0.1, 0.15) is 13.2 Å². The Balaban J connectivity index is 3.48. The monoisotopic (exact) mass is 246 g/mol. The number of carbonyl (C=O) groups is 3. The van der Waals surface area contributed by atoms with Crippen LogP contribution in [-0.2, 0) is 28.5 Å². The van der Waals surface area contributed by atoms with Gasteiger partial charge in [-0.05, 0) is 6.92 Å². The van der Waals surface area contributed by atoms with E-state index in [1.165, 1.54) is 13.8 Å². The van der Waals surface area contributed by atoms with E-state index in [2.05, 4.69) is 25.5 Å².